The third-order valence-corrected chi connectivity index (χ3v) is 7.10. The molecule has 0 aromatic heterocycles. The van der Waals surface area contributed by atoms with Crippen LogP contribution >= 0.6 is 0 Å². The molecule has 0 radical (unpaired) electrons. The quantitative estimate of drug-likeness (QED) is 0.297. The Morgan fingerprint density at radius 1 is 0.612 bits per heavy atom. The van der Waals surface area contributed by atoms with Gasteiger partial charge in [0.2, 0.25) is 0 Å². The summed E-state index contributed by atoms with van der Waals surface area (Å²) >= 11 is 0. The minimum Gasteiger partial charge on any atom is -0.548 e. The van der Waals surface area contributed by atoms with Crippen molar-refractivity contribution in [2.24, 2.45) is 0 Å². The van der Waals surface area contributed by atoms with Gasteiger partial charge in [0.15, 0.2) is 0 Å². The van der Waals surface area contributed by atoms with E-state index >= 15 is 0 Å². The topological polar surface area (TPSA) is 105 Å². The summed E-state index contributed by atoms with van der Waals surface area (Å²) in [4.78, 5) is 23.1. The van der Waals surface area contributed by atoms with Crippen LogP contribution in [0.15, 0.2) is 36.4 Å². The van der Waals surface area contributed by atoms with Crippen molar-refractivity contribution in [1.82, 2.24) is 0 Å². The number of carbonyl (C=O) groups excluding carboxylic acids is 2. The van der Waals surface area contributed by atoms with Gasteiger partial charge in [-0.05, 0) is 49.2 Å². The molecule has 49 heavy (non-hydrogen) atoms. The Balaban J connectivity index is 0.000000333. The molecule has 2 aromatic rings. The van der Waals surface area contributed by atoms with Crippen molar-refractivity contribution < 1.29 is 82.0 Å². The molecule has 0 bridgehead atoms. The molecule has 0 aliphatic carbocycles. The number of alkyl halides is 12. The van der Waals surface area contributed by atoms with Gasteiger partial charge in [-0.25, -0.2) is 0 Å². The zero-order valence-electron chi connectivity index (χ0n) is 24.9. The molecule has 2 aromatic carbocycles. The zero-order valence-corrected chi connectivity index (χ0v) is 27.1. The molecule has 8 nitrogen and oxygen atoms in total. The van der Waals surface area contributed by atoms with Gasteiger partial charge in [-0.15, -0.1) is 0 Å². The molecule has 268 valence electrons. The Morgan fingerprint density at radius 2 is 0.939 bits per heavy atom. The molecule has 2 aliphatic rings. The molecule has 2 saturated heterocycles. The number of hydrogen-bond acceptors (Lipinski definition) is 8. The molecule has 0 N–H and O–H groups in total. The van der Waals surface area contributed by atoms with E-state index in [0.717, 1.165) is 12.1 Å². The van der Waals surface area contributed by atoms with Crippen LogP contribution in [0.5, 0.6) is 0 Å². The van der Waals surface area contributed by atoms with Gasteiger partial charge in [-0.1, -0.05) is 0 Å². The number of carboxylic acid groups (broad SMARTS) is 2. The van der Waals surface area contributed by atoms with E-state index in [1.165, 1.54) is 9.80 Å². The number of halogens is 12. The number of ether oxygens (including phenoxy) is 2. The van der Waals surface area contributed by atoms with Gasteiger partial charge in [-0.2, -0.15) is 52.7 Å². The Bertz CT molecular complexity index is 1340. The molecule has 0 spiro atoms. The summed E-state index contributed by atoms with van der Waals surface area (Å²) in [5.41, 5.74) is -6.34. The molecule has 4 rings (SSSR count). The third kappa shape index (κ3) is 12.3. The summed E-state index contributed by atoms with van der Waals surface area (Å²) in [6.45, 7) is -1.29. The second-order valence-corrected chi connectivity index (χ2v) is 10.5. The molecule has 21 heteroatoms. The fraction of sp³-hybridized carbons (Fsp3) is 0.500. The van der Waals surface area contributed by atoms with Crippen LogP contribution in [0.1, 0.15) is 35.1 Å². The maximum absolute atomic E-state index is 13.1. The molecular weight excluding hydrogens is 728 g/mol. The predicted molar refractivity (Wildman–Crippen MR) is 142 cm³/mol. The Labute approximate surface area is 299 Å². The summed E-state index contributed by atoms with van der Waals surface area (Å²) in [6.07, 6.45) is -20.4. The van der Waals surface area contributed by atoms with Gasteiger partial charge in [0.1, 0.15) is 0 Å². The smallest absolute Gasteiger partial charge is 0.548 e. The fourth-order valence-electron chi connectivity index (χ4n) is 4.97. The number of rotatable bonds is 8. The monoisotopic (exact) mass is 752 g/mol. The van der Waals surface area contributed by atoms with Gasteiger partial charge in [-0.3, -0.25) is 0 Å². The number of hydrogen-bond donors (Lipinski definition) is 0. The molecule has 2 fully saturated rings. The molecular formula is C28H24CaF12N2O6. The molecule has 0 amide bonds. The molecule has 0 saturated carbocycles. The minimum atomic E-state index is -4.96. The molecule has 2 atom stereocenters. The van der Waals surface area contributed by atoms with Gasteiger partial charge >= 0.3 is 62.4 Å². The summed E-state index contributed by atoms with van der Waals surface area (Å²) in [6, 6.07) is 2.86. The largest absolute Gasteiger partial charge is 2.00 e. The van der Waals surface area contributed by atoms with Crippen LogP contribution in [0.4, 0.5) is 64.1 Å². The standard InChI is InChI=1S/2C14H13F6NO3.Ca/c2*15-13(16,17)8-1-2-11(10(5-8)14(18,19)20)21-4-3-9(6-21)24-7-12(22)23;/h2*1-2,5,9H,3-4,6-7H2,(H,22,23);/q;;+2/p-2. The van der Waals surface area contributed by atoms with Crippen molar-refractivity contribution in [3.63, 3.8) is 0 Å². The Morgan fingerprint density at radius 3 is 1.20 bits per heavy atom. The van der Waals surface area contributed by atoms with Crippen LogP contribution in [0, 0.1) is 0 Å². The maximum atomic E-state index is 13.1. The summed E-state index contributed by atoms with van der Waals surface area (Å²) in [5.74, 6) is -2.92. The van der Waals surface area contributed by atoms with Gasteiger partial charge < -0.3 is 39.1 Å². The van der Waals surface area contributed by atoms with E-state index in [1.54, 1.807) is 0 Å². The van der Waals surface area contributed by atoms with E-state index in [-0.39, 0.29) is 88.9 Å². The van der Waals surface area contributed by atoms with E-state index in [4.69, 9.17) is 9.47 Å². The van der Waals surface area contributed by atoms with Crippen molar-refractivity contribution in [3.8, 4) is 0 Å². The summed E-state index contributed by atoms with van der Waals surface area (Å²) in [5, 5.41) is 20.6. The number of benzene rings is 2. The van der Waals surface area contributed by atoms with Crippen LogP contribution in [0.25, 0.3) is 0 Å². The van der Waals surface area contributed by atoms with Gasteiger partial charge in [0.05, 0.1) is 59.6 Å². The second kappa shape index (κ2) is 16.6. The van der Waals surface area contributed by atoms with E-state index in [1.807, 2.05) is 0 Å². The first-order valence-corrected chi connectivity index (χ1v) is 13.7. The zero-order chi connectivity index (χ0) is 36.2. The summed E-state index contributed by atoms with van der Waals surface area (Å²) in [7, 11) is 0. The number of anilines is 2. The van der Waals surface area contributed by atoms with Crippen molar-refractivity contribution in [3.05, 3.63) is 58.7 Å². The average molecular weight is 753 g/mol. The number of carboxylic acids is 2. The van der Waals surface area contributed by atoms with Crippen LogP contribution in [-0.4, -0.2) is 101 Å². The molecule has 2 aliphatic heterocycles. The predicted octanol–water partition coefficient (Wildman–Crippen LogP) is 3.76. The number of nitrogens with zero attached hydrogens (tertiary/aromatic N) is 2. The van der Waals surface area contributed by atoms with Crippen molar-refractivity contribution in [2.45, 2.75) is 49.8 Å². The molecule has 2 heterocycles. The van der Waals surface area contributed by atoms with Crippen molar-refractivity contribution in [2.75, 3.05) is 49.2 Å². The summed E-state index contributed by atoms with van der Waals surface area (Å²) < 4.78 is 164. The number of carbonyl (C=O) groups is 2. The SMILES string of the molecule is O=C([O-])COC1CCN(c2ccc(C(F)(F)F)cc2C(F)(F)F)C1.O=C([O-])COC1CCN(c2ccc(C(F)(F)F)cc2C(F)(F)F)C1.[Ca+2]. The van der Waals surface area contributed by atoms with E-state index in [0.29, 0.717) is 12.1 Å². The van der Waals surface area contributed by atoms with Crippen LogP contribution in [0.2, 0.25) is 0 Å². The van der Waals surface area contributed by atoms with Gasteiger partial charge in [0.25, 0.3) is 0 Å². The van der Waals surface area contributed by atoms with E-state index in [9.17, 15) is 72.5 Å². The molecule has 2 unspecified atom stereocenters. The maximum Gasteiger partial charge on any atom is 2.00 e. The first-order chi connectivity index (χ1) is 22.0. The van der Waals surface area contributed by atoms with Gasteiger partial charge in [0, 0.05) is 37.6 Å². The Hall–Kier alpha value is -2.68. The van der Waals surface area contributed by atoms with Crippen LogP contribution in [-0.2, 0) is 43.8 Å². The second-order valence-electron chi connectivity index (χ2n) is 10.5. The minimum absolute atomic E-state index is 0. The van der Waals surface area contributed by atoms with Crippen LogP contribution in [0.3, 0.4) is 0 Å². The van der Waals surface area contributed by atoms with E-state index in [2.05, 4.69) is 0 Å². The fourth-order valence-corrected chi connectivity index (χ4v) is 4.97. The van der Waals surface area contributed by atoms with Crippen LogP contribution < -0.4 is 20.0 Å². The Kier molecular flexibility index (Phi) is 14.4. The number of aliphatic carboxylic acids is 2. The third-order valence-electron chi connectivity index (χ3n) is 7.10. The normalized spacial score (nSPS) is 18.5. The average Bonchev–Trinajstić information content (AvgIpc) is 3.63. The first-order valence-electron chi connectivity index (χ1n) is 13.7. The van der Waals surface area contributed by atoms with E-state index < -0.39 is 95.7 Å². The van der Waals surface area contributed by atoms with Crippen molar-refractivity contribution >= 4 is 61.1 Å². The first kappa shape index (κ1) is 42.5. The van der Waals surface area contributed by atoms with Crippen molar-refractivity contribution in [1.29, 1.82) is 0 Å².